The molecule has 1 aromatic heterocycles. The minimum atomic E-state index is -0.00991. The van der Waals surface area contributed by atoms with Gasteiger partial charge in [-0.3, -0.25) is 4.79 Å². The fourth-order valence-electron chi connectivity index (χ4n) is 2.31. The smallest absolute Gasteiger partial charge is 0.258 e. The molecule has 3 rings (SSSR count). The topological polar surface area (TPSA) is 48.0 Å². The van der Waals surface area contributed by atoms with E-state index in [2.05, 4.69) is 0 Å². The van der Waals surface area contributed by atoms with E-state index < -0.39 is 0 Å². The third kappa shape index (κ3) is 1.89. The van der Waals surface area contributed by atoms with Crippen molar-refractivity contribution in [1.82, 2.24) is 4.57 Å². The number of nitrogens with zero attached hydrogens (tertiary/aromatic N) is 1. The zero-order valence-electron chi connectivity index (χ0n) is 10.6. The maximum atomic E-state index is 12.4. The molecular weight excluding hydrogens is 236 g/mol. The highest BCUT2D eigenvalue weighted by atomic mass is 16.1. The Morgan fingerprint density at radius 3 is 2.47 bits per heavy atom. The SMILES string of the molecule is Cn1c(=O)c(-c2ccccc2)cc2ccc(N)cc21. The molecule has 0 atom stereocenters. The van der Waals surface area contributed by atoms with Crippen LogP contribution in [0.5, 0.6) is 0 Å². The summed E-state index contributed by atoms with van der Waals surface area (Å²) < 4.78 is 1.65. The summed E-state index contributed by atoms with van der Waals surface area (Å²) in [6, 6.07) is 17.2. The molecule has 0 unspecified atom stereocenters. The molecule has 2 N–H and O–H groups in total. The molecule has 0 bridgehead atoms. The van der Waals surface area contributed by atoms with Gasteiger partial charge in [-0.15, -0.1) is 0 Å². The number of aryl methyl sites for hydroxylation is 1. The molecule has 0 radical (unpaired) electrons. The maximum Gasteiger partial charge on any atom is 0.258 e. The first-order valence-electron chi connectivity index (χ1n) is 6.11. The molecule has 2 aromatic carbocycles. The van der Waals surface area contributed by atoms with Gasteiger partial charge in [0.15, 0.2) is 0 Å². The summed E-state index contributed by atoms with van der Waals surface area (Å²) in [6.45, 7) is 0. The largest absolute Gasteiger partial charge is 0.399 e. The second kappa shape index (κ2) is 4.28. The molecule has 0 fully saturated rings. The number of anilines is 1. The lowest BCUT2D eigenvalue weighted by Gasteiger charge is -2.09. The number of hydrogen-bond donors (Lipinski definition) is 1. The van der Waals surface area contributed by atoms with Crippen molar-refractivity contribution >= 4 is 16.6 Å². The van der Waals surface area contributed by atoms with E-state index >= 15 is 0 Å². The van der Waals surface area contributed by atoms with Crippen LogP contribution in [0.25, 0.3) is 22.0 Å². The lowest BCUT2D eigenvalue weighted by Crippen LogP contribution is -2.18. The fourth-order valence-corrected chi connectivity index (χ4v) is 2.31. The van der Waals surface area contributed by atoms with E-state index in [0.29, 0.717) is 11.3 Å². The van der Waals surface area contributed by atoms with Crippen LogP contribution < -0.4 is 11.3 Å². The van der Waals surface area contributed by atoms with Crippen molar-refractivity contribution in [2.24, 2.45) is 7.05 Å². The zero-order valence-corrected chi connectivity index (χ0v) is 10.6. The minimum absolute atomic E-state index is 0.00991. The van der Waals surface area contributed by atoms with Gasteiger partial charge in [-0.1, -0.05) is 36.4 Å². The Kier molecular flexibility index (Phi) is 2.60. The normalized spacial score (nSPS) is 10.8. The van der Waals surface area contributed by atoms with Crippen molar-refractivity contribution in [2.75, 3.05) is 5.73 Å². The van der Waals surface area contributed by atoms with Gasteiger partial charge in [0.2, 0.25) is 0 Å². The summed E-state index contributed by atoms with van der Waals surface area (Å²) in [6.07, 6.45) is 0. The maximum absolute atomic E-state index is 12.4. The van der Waals surface area contributed by atoms with E-state index in [0.717, 1.165) is 16.5 Å². The van der Waals surface area contributed by atoms with Crippen LogP contribution >= 0.6 is 0 Å². The first-order valence-corrected chi connectivity index (χ1v) is 6.11. The molecule has 0 saturated heterocycles. The van der Waals surface area contributed by atoms with Gasteiger partial charge in [0.05, 0.1) is 5.52 Å². The van der Waals surface area contributed by atoms with Gasteiger partial charge in [-0.25, -0.2) is 0 Å². The standard InChI is InChI=1S/C16H14N2O/c1-18-15-10-13(17)8-7-12(15)9-14(16(18)19)11-5-3-2-4-6-11/h2-10H,17H2,1H3. The second-order valence-electron chi connectivity index (χ2n) is 4.61. The average Bonchev–Trinajstić information content (AvgIpc) is 2.44. The number of nitrogens with two attached hydrogens (primary N) is 1. The molecule has 19 heavy (non-hydrogen) atoms. The molecule has 94 valence electrons. The minimum Gasteiger partial charge on any atom is -0.399 e. The Labute approximate surface area is 110 Å². The highest BCUT2D eigenvalue weighted by Gasteiger charge is 2.08. The number of aromatic nitrogens is 1. The van der Waals surface area contributed by atoms with Crippen molar-refractivity contribution in [2.45, 2.75) is 0 Å². The van der Waals surface area contributed by atoms with Crippen LogP contribution in [0.15, 0.2) is 59.4 Å². The second-order valence-corrected chi connectivity index (χ2v) is 4.61. The monoisotopic (exact) mass is 250 g/mol. The highest BCUT2D eigenvalue weighted by molar-refractivity contribution is 5.86. The molecular formula is C16H14N2O. The lowest BCUT2D eigenvalue weighted by atomic mass is 10.0. The number of rotatable bonds is 1. The molecule has 3 aromatic rings. The predicted octanol–water partition coefficient (Wildman–Crippen LogP) is 2.79. The van der Waals surface area contributed by atoms with Crippen LogP contribution in [0.4, 0.5) is 5.69 Å². The van der Waals surface area contributed by atoms with E-state index in [1.165, 1.54) is 0 Å². The quantitative estimate of drug-likeness (QED) is 0.675. The lowest BCUT2D eigenvalue weighted by molar-refractivity contribution is 0.909. The summed E-state index contributed by atoms with van der Waals surface area (Å²) in [5, 5.41) is 1.01. The molecule has 1 heterocycles. The molecule has 0 spiro atoms. The van der Waals surface area contributed by atoms with Crippen molar-refractivity contribution in [1.29, 1.82) is 0 Å². The first-order chi connectivity index (χ1) is 9.16. The molecule has 0 saturated carbocycles. The number of benzene rings is 2. The number of nitrogen functional groups attached to an aromatic ring is 1. The van der Waals surface area contributed by atoms with Crippen LogP contribution in [0.1, 0.15) is 0 Å². The summed E-state index contributed by atoms with van der Waals surface area (Å²) in [4.78, 5) is 12.4. The molecule has 0 aliphatic carbocycles. The Bertz CT molecular complexity index is 804. The van der Waals surface area contributed by atoms with Crippen LogP contribution in [0.2, 0.25) is 0 Å². The van der Waals surface area contributed by atoms with Gasteiger partial charge in [0, 0.05) is 18.3 Å². The molecule has 0 aliphatic rings. The van der Waals surface area contributed by atoms with Crippen LogP contribution in [0.3, 0.4) is 0 Å². The third-order valence-corrected chi connectivity index (χ3v) is 3.34. The Hall–Kier alpha value is -2.55. The van der Waals surface area contributed by atoms with Gasteiger partial charge >= 0.3 is 0 Å². The molecule has 3 heteroatoms. The molecule has 3 nitrogen and oxygen atoms in total. The number of hydrogen-bond acceptors (Lipinski definition) is 2. The molecule has 0 amide bonds. The molecule has 0 aliphatic heterocycles. The van der Waals surface area contributed by atoms with Crippen molar-refractivity contribution < 1.29 is 0 Å². The van der Waals surface area contributed by atoms with Gasteiger partial charge in [0.25, 0.3) is 5.56 Å². The van der Waals surface area contributed by atoms with Crippen LogP contribution in [0, 0.1) is 0 Å². The van der Waals surface area contributed by atoms with Gasteiger partial charge in [-0.05, 0) is 29.1 Å². The van der Waals surface area contributed by atoms with Gasteiger partial charge < -0.3 is 10.3 Å². The number of pyridine rings is 1. The summed E-state index contributed by atoms with van der Waals surface area (Å²) in [5.74, 6) is 0. The fraction of sp³-hybridized carbons (Fsp3) is 0.0625. The highest BCUT2D eigenvalue weighted by Crippen LogP contribution is 2.21. The number of fused-ring (bicyclic) bond motifs is 1. The summed E-state index contributed by atoms with van der Waals surface area (Å²) in [7, 11) is 1.77. The first kappa shape index (κ1) is 11.5. The van der Waals surface area contributed by atoms with E-state index in [4.69, 9.17) is 5.73 Å². The predicted molar refractivity (Wildman–Crippen MR) is 79.0 cm³/mol. The van der Waals surface area contributed by atoms with E-state index in [-0.39, 0.29) is 5.56 Å². The van der Waals surface area contributed by atoms with Crippen molar-refractivity contribution in [3.63, 3.8) is 0 Å². The Morgan fingerprint density at radius 1 is 1.00 bits per heavy atom. The van der Waals surface area contributed by atoms with Crippen molar-refractivity contribution in [3.05, 3.63) is 65.0 Å². The average molecular weight is 250 g/mol. The third-order valence-electron chi connectivity index (χ3n) is 3.34. The van der Waals surface area contributed by atoms with Crippen LogP contribution in [-0.4, -0.2) is 4.57 Å². The zero-order chi connectivity index (χ0) is 13.4. The van der Waals surface area contributed by atoms with Gasteiger partial charge in [-0.2, -0.15) is 0 Å². The van der Waals surface area contributed by atoms with E-state index in [1.807, 2.05) is 54.6 Å². The Morgan fingerprint density at radius 2 is 1.74 bits per heavy atom. The van der Waals surface area contributed by atoms with Crippen LogP contribution in [-0.2, 0) is 7.05 Å². The van der Waals surface area contributed by atoms with Crippen molar-refractivity contribution in [3.8, 4) is 11.1 Å². The summed E-state index contributed by atoms with van der Waals surface area (Å²) >= 11 is 0. The van der Waals surface area contributed by atoms with E-state index in [9.17, 15) is 4.79 Å². The summed E-state index contributed by atoms with van der Waals surface area (Å²) in [5.41, 5.74) is 8.92. The Balaban J connectivity index is 2.37. The van der Waals surface area contributed by atoms with Gasteiger partial charge in [0.1, 0.15) is 0 Å². The van der Waals surface area contributed by atoms with E-state index in [1.54, 1.807) is 11.6 Å².